The molecule has 2 aliphatic rings. The van der Waals surface area contributed by atoms with Gasteiger partial charge in [0.25, 0.3) is 5.91 Å². The molecular weight excluding hydrogens is 326 g/mol. The van der Waals surface area contributed by atoms with Gasteiger partial charge in [0.05, 0.1) is 5.69 Å². The van der Waals surface area contributed by atoms with E-state index < -0.39 is 0 Å². The molecular formula is C16H23N5O2S. The molecule has 130 valence electrons. The summed E-state index contributed by atoms with van der Waals surface area (Å²) >= 11 is 1.43. The molecule has 0 bridgehead atoms. The largest absolute Gasteiger partial charge is 0.297 e. The molecule has 0 aromatic carbocycles. The average molecular weight is 349 g/mol. The molecule has 3 rings (SSSR count). The molecule has 0 aliphatic carbocycles. The molecule has 0 unspecified atom stereocenters. The third-order valence-electron chi connectivity index (χ3n) is 4.37. The van der Waals surface area contributed by atoms with Gasteiger partial charge in [0, 0.05) is 38.4 Å². The van der Waals surface area contributed by atoms with Gasteiger partial charge >= 0.3 is 0 Å². The maximum absolute atomic E-state index is 12.2. The molecule has 8 heteroatoms. The van der Waals surface area contributed by atoms with Crippen molar-refractivity contribution in [3.05, 3.63) is 11.1 Å². The summed E-state index contributed by atoms with van der Waals surface area (Å²) in [5, 5.41) is 10.6. The monoisotopic (exact) mass is 349 g/mol. The van der Waals surface area contributed by atoms with Crippen LogP contribution in [-0.2, 0) is 16.1 Å². The maximum atomic E-state index is 12.2. The van der Waals surface area contributed by atoms with Crippen molar-refractivity contribution in [2.24, 2.45) is 11.0 Å². The van der Waals surface area contributed by atoms with E-state index in [1.165, 1.54) is 29.2 Å². The van der Waals surface area contributed by atoms with Crippen LogP contribution < -0.4 is 5.32 Å². The molecule has 1 aromatic heterocycles. The van der Waals surface area contributed by atoms with Crippen LogP contribution in [0.5, 0.6) is 0 Å². The molecule has 3 heterocycles. The Kier molecular flexibility index (Phi) is 5.25. The van der Waals surface area contributed by atoms with Crippen LogP contribution in [0.15, 0.2) is 10.5 Å². The van der Waals surface area contributed by atoms with Crippen LogP contribution in [0.3, 0.4) is 0 Å². The standard InChI is InChI=1S/C16H23N5O2S/c1-11-4-3-7-21(8-11)9-12-10-24-16(17-12)18-15(23)13-5-6-14(22)20(2)19-13/h10-11H,3-9H2,1-2H3,(H,17,18,23)/t11-/m0/s1. The first kappa shape index (κ1) is 17.0. The Morgan fingerprint density at radius 2 is 2.29 bits per heavy atom. The lowest BCUT2D eigenvalue weighted by molar-refractivity contribution is -0.130. The predicted molar refractivity (Wildman–Crippen MR) is 93.9 cm³/mol. The van der Waals surface area contributed by atoms with Gasteiger partial charge in [-0.2, -0.15) is 5.10 Å². The van der Waals surface area contributed by atoms with Crippen molar-refractivity contribution in [3.63, 3.8) is 0 Å². The molecule has 1 atom stereocenters. The smallest absolute Gasteiger partial charge is 0.273 e. The molecule has 7 nitrogen and oxygen atoms in total. The molecule has 1 fully saturated rings. The zero-order valence-electron chi connectivity index (χ0n) is 14.1. The number of piperidine rings is 1. The fourth-order valence-electron chi connectivity index (χ4n) is 3.10. The summed E-state index contributed by atoms with van der Waals surface area (Å²) in [7, 11) is 1.57. The number of carbonyl (C=O) groups is 2. The quantitative estimate of drug-likeness (QED) is 0.901. The number of anilines is 1. The van der Waals surface area contributed by atoms with Gasteiger partial charge in [0.2, 0.25) is 5.91 Å². The summed E-state index contributed by atoms with van der Waals surface area (Å²) in [4.78, 5) is 30.6. The second-order valence-electron chi connectivity index (χ2n) is 6.54. The zero-order valence-corrected chi connectivity index (χ0v) is 14.9. The van der Waals surface area contributed by atoms with Crippen molar-refractivity contribution >= 4 is 34.0 Å². The highest BCUT2D eigenvalue weighted by molar-refractivity contribution is 7.14. The number of hydrazone groups is 1. The van der Waals surface area contributed by atoms with Crippen molar-refractivity contribution in [1.29, 1.82) is 0 Å². The number of nitrogens with one attached hydrogen (secondary N) is 1. The summed E-state index contributed by atoms with van der Waals surface area (Å²) < 4.78 is 0. The minimum Gasteiger partial charge on any atom is -0.297 e. The highest BCUT2D eigenvalue weighted by Crippen LogP contribution is 2.21. The van der Waals surface area contributed by atoms with E-state index in [0.717, 1.165) is 31.2 Å². The summed E-state index contributed by atoms with van der Waals surface area (Å²) in [5.74, 6) is 0.390. The van der Waals surface area contributed by atoms with Crippen LogP contribution in [0.2, 0.25) is 0 Å². The fourth-order valence-corrected chi connectivity index (χ4v) is 3.80. The molecule has 0 saturated carbocycles. The van der Waals surface area contributed by atoms with Crippen molar-refractivity contribution in [1.82, 2.24) is 14.9 Å². The summed E-state index contributed by atoms with van der Waals surface area (Å²) in [6.07, 6.45) is 3.23. The van der Waals surface area contributed by atoms with Crippen molar-refractivity contribution in [2.45, 2.75) is 39.2 Å². The highest BCUT2D eigenvalue weighted by Gasteiger charge is 2.23. The minimum atomic E-state index is -0.276. The molecule has 1 saturated heterocycles. The number of carbonyl (C=O) groups excluding carboxylic acids is 2. The van der Waals surface area contributed by atoms with Crippen molar-refractivity contribution in [2.75, 3.05) is 25.5 Å². The Hall–Kier alpha value is -1.80. The summed E-state index contributed by atoms with van der Waals surface area (Å²) in [6.45, 7) is 5.33. The average Bonchev–Trinajstić information content (AvgIpc) is 2.97. The Labute approximate surface area is 145 Å². The van der Waals surface area contributed by atoms with Crippen LogP contribution in [0.1, 0.15) is 38.3 Å². The zero-order chi connectivity index (χ0) is 17.1. The first-order valence-corrected chi connectivity index (χ1v) is 9.21. The fraction of sp³-hybridized carbons (Fsp3) is 0.625. The number of thiazole rings is 1. The topological polar surface area (TPSA) is 77.9 Å². The Balaban J connectivity index is 1.57. The molecule has 0 spiro atoms. The molecule has 2 aliphatic heterocycles. The third-order valence-corrected chi connectivity index (χ3v) is 5.17. The van der Waals surface area contributed by atoms with Gasteiger partial charge in [0.15, 0.2) is 5.13 Å². The van der Waals surface area contributed by atoms with Crippen LogP contribution in [0.25, 0.3) is 0 Å². The maximum Gasteiger partial charge on any atom is 0.273 e. The van der Waals surface area contributed by atoms with Crippen LogP contribution >= 0.6 is 11.3 Å². The first-order valence-electron chi connectivity index (χ1n) is 8.33. The van der Waals surface area contributed by atoms with E-state index in [0.29, 0.717) is 23.7 Å². The van der Waals surface area contributed by atoms with E-state index in [2.05, 4.69) is 27.2 Å². The predicted octanol–water partition coefficient (Wildman–Crippen LogP) is 1.92. The third kappa shape index (κ3) is 4.18. The number of aromatic nitrogens is 1. The molecule has 24 heavy (non-hydrogen) atoms. The van der Waals surface area contributed by atoms with E-state index in [1.807, 2.05) is 5.38 Å². The number of amides is 2. The lowest BCUT2D eigenvalue weighted by Crippen LogP contribution is -2.34. The van der Waals surface area contributed by atoms with E-state index in [-0.39, 0.29) is 11.8 Å². The lowest BCUT2D eigenvalue weighted by atomic mass is 10.0. The molecule has 1 N–H and O–H groups in total. The van der Waals surface area contributed by atoms with Gasteiger partial charge in [0.1, 0.15) is 5.71 Å². The normalized spacial score (nSPS) is 22.4. The number of hydrogen-bond donors (Lipinski definition) is 1. The summed E-state index contributed by atoms with van der Waals surface area (Å²) in [6, 6.07) is 0. The number of rotatable bonds is 4. The van der Waals surface area contributed by atoms with E-state index in [9.17, 15) is 9.59 Å². The van der Waals surface area contributed by atoms with Crippen LogP contribution in [0.4, 0.5) is 5.13 Å². The van der Waals surface area contributed by atoms with Crippen molar-refractivity contribution < 1.29 is 9.59 Å². The number of hydrogen-bond acceptors (Lipinski definition) is 6. The Bertz CT molecular complexity index is 657. The van der Waals surface area contributed by atoms with Gasteiger partial charge < -0.3 is 0 Å². The van der Waals surface area contributed by atoms with E-state index in [1.54, 1.807) is 7.05 Å². The highest BCUT2D eigenvalue weighted by atomic mass is 32.1. The molecule has 1 aromatic rings. The SMILES string of the molecule is C[C@H]1CCCN(Cc2csc(NC(=O)C3=NN(C)C(=O)CC3)n2)C1. The van der Waals surface area contributed by atoms with Crippen molar-refractivity contribution in [3.8, 4) is 0 Å². The van der Waals surface area contributed by atoms with Gasteiger partial charge in [-0.25, -0.2) is 9.99 Å². The molecule has 0 radical (unpaired) electrons. The molecule has 2 amide bonds. The minimum absolute atomic E-state index is 0.0705. The van der Waals surface area contributed by atoms with Gasteiger partial charge in [-0.05, 0) is 25.3 Å². The number of nitrogens with zero attached hydrogens (tertiary/aromatic N) is 4. The van der Waals surface area contributed by atoms with Gasteiger partial charge in [-0.1, -0.05) is 6.92 Å². The second kappa shape index (κ2) is 7.40. The number of likely N-dealkylation sites (tertiary alicyclic amines) is 1. The Morgan fingerprint density at radius 3 is 3.04 bits per heavy atom. The van der Waals surface area contributed by atoms with E-state index in [4.69, 9.17) is 0 Å². The summed E-state index contributed by atoms with van der Waals surface area (Å²) in [5.41, 5.74) is 1.36. The Morgan fingerprint density at radius 1 is 1.46 bits per heavy atom. The lowest BCUT2D eigenvalue weighted by Gasteiger charge is -2.30. The second-order valence-corrected chi connectivity index (χ2v) is 7.40. The van der Waals surface area contributed by atoms with Crippen LogP contribution in [-0.4, -0.2) is 52.6 Å². The van der Waals surface area contributed by atoms with Gasteiger partial charge in [-0.15, -0.1) is 11.3 Å². The van der Waals surface area contributed by atoms with Crippen LogP contribution in [0, 0.1) is 5.92 Å². The first-order chi connectivity index (χ1) is 11.5. The van der Waals surface area contributed by atoms with E-state index >= 15 is 0 Å². The van der Waals surface area contributed by atoms with Gasteiger partial charge in [-0.3, -0.25) is 19.8 Å².